The largest absolute Gasteiger partial charge is 0.359 e. The van der Waals surface area contributed by atoms with Gasteiger partial charge in [-0.05, 0) is 13.8 Å². The van der Waals surface area contributed by atoms with E-state index in [1.165, 1.54) is 0 Å². The van der Waals surface area contributed by atoms with Crippen molar-refractivity contribution in [3.8, 4) is 0 Å². The zero-order chi connectivity index (χ0) is 10.8. The van der Waals surface area contributed by atoms with Crippen LogP contribution < -0.4 is 0 Å². The molecule has 1 aliphatic rings. The SMILES string of the molecule is C=CC1COP(=O)(OCC)/C1=C(/C)Cl. The van der Waals surface area contributed by atoms with Crippen molar-refractivity contribution < 1.29 is 13.6 Å². The van der Waals surface area contributed by atoms with Gasteiger partial charge in [-0.2, -0.15) is 0 Å². The Morgan fingerprint density at radius 2 is 2.57 bits per heavy atom. The first kappa shape index (κ1) is 12.0. The maximum Gasteiger partial charge on any atom is 0.359 e. The molecular weight excluding hydrogens is 223 g/mol. The molecule has 2 unspecified atom stereocenters. The highest BCUT2D eigenvalue weighted by molar-refractivity contribution is 7.59. The molecule has 0 aromatic rings. The van der Waals surface area contributed by atoms with Crippen LogP contribution in [-0.4, -0.2) is 13.2 Å². The van der Waals surface area contributed by atoms with Crippen molar-refractivity contribution in [3.63, 3.8) is 0 Å². The summed E-state index contributed by atoms with van der Waals surface area (Å²) in [7, 11) is -3.13. The summed E-state index contributed by atoms with van der Waals surface area (Å²) < 4.78 is 22.4. The zero-order valence-electron chi connectivity index (χ0n) is 8.33. The molecule has 0 aliphatic carbocycles. The molecule has 1 heterocycles. The summed E-state index contributed by atoms with van der Waals surface area (Å²) >= 11 is 5.88. The van der Waals surface area contributed by atoms with Gasteiger partial charge in [-0.25, -0.2) is 0 Å². The van der Waals surface area contributed by atoms with Crippen LogP contribution in [0.4, 0.5) is 0 Å². The fourth-order valence-electron chi connectivity index (χ4n) is 1.43. The molecule has 1 aliphatic heterocycles. The molecule has 0 bridgehead atoms. The molecule has 1 saturated heterocycles. The first-order valence-corrected chi connectivity index (χ1v) is 6.35. The lowest BCUT2D eigenvalue weighted by atomic mass is 10.1. The summed E-state index contributed by atoms with van der Waals surface area (Å²) in [6, 6.07) is 0. The van der Waals surface area contributed by atoms with Gasteiger partial charge < -0.3 is 9.05 Å². The van der Waals surface area contributed by atoms with Crippen LogP contribution in [0, 0.1) is 5.92 Å². The van der Waals surface area contributed by atoms with Crippen molar-refractivity contribution in [1.82, 2.24) is 0 Å². The van der Waals surface area contributed by atoms with E-state index in [1.54, 1.807) is 19.9 Å². The van der Waals surface area contributed by atoms with Crippen LogP contribution in [0.15, 0.2) is 23.0 Å². The molecule has 0 aromatic heterocycles. The minimum Gasteiger partial charge on any atom is -0.306 e. The third-order valence-electron chi connectivity index (χ3n) is 2.01. The second-order valence-corrected chi connectivity index (χ2v) is 5.53. The molecular formula is C9H14ClO3P. The van der Waals surface area contributed by atoms with E-state index in [1.807, 2.05) is 0 Å². The molecule has 1 fully saturated rings. The minimum atomic E-state index is -3.13. The topological polar surface area (TPSA) is 35.5 Å². The van der Waals surface area contributed by atoms with Gasteiger partial charge in [0.1, 0.15) is 0 Å². The molecule has 5 heteroatoms. The van der Waals surface area contributed by atoms with Gasteiger partial charge >= 0.3 is 7.60 Å². The van der Waals surface area contributed by atoms with E-state index in [-0.39, 0.29) is 5.92 Å². The van der Waals surface area contributed by atoms with Crippen molar-refractivity contribution in [2.24, 2.45) is 5.92 Å². The zero-order valence-corrected chi connectivity index (χ0v) is 9.98. The maximum absolute atomic E-state index is 12.1. The van der Waals surface area contributed by atoms with E-state index in [9.17, 15) is 4.57 Å². The Bertz CT molecular complexity index is 307. The normalized spacial score (nSPS) is 35.8. The van der Waals surface area contributed by atoms with Crippen LogP contribution in [0.25, 0.3) is 0 Å². The molecule has 80 valence electrons. The first-order chi connectivity index (χ1) is 6.55. The van der Waals surface area contributed by atoms with Crippen LogP contribution in [-0.2, 0) is 13.6 Å². The van der Waals surface area contributed by atoms with Gasteiger partial charge in [-0.3, -0.25) is 4.57 Å². The molecule has 0 radical (unpaired) electrons. The maximum atomic E-state index is 12.1. The van der Waals surface area contributed by atoms with Gasteiger partial charge in [0.05, 0.1) is 18.5 Å². The second-order valence-electron chi connectivity index (χ2n) is 2.97. The monoisotopic (exact) mass is 236 g/mol. The van der Waals surface area contributed by atoms with Crippen molar-refractivity contribution in [2.45, 2.75) is 13.8 Å². The van der Waals surface area contributed by atoms with E-state index in [4.69, 9.17) is 20.6 Å². The first-order valence-electron chi connectivity index (χ1n) is 4.43. The Kier molecular flexibility index (Phi) is 3.96. The molecule has 14 heavy (non-hydrogen) atoms. The van der Waals surface area contributed by atoms with Gasteiger partial charge in [0, 0.05) is 11.0 Å². The average Bonchev–Trinajstić information content (AvgIpc) is 2.43. The standard InChI is InChI=1S/C9H14ClO3P/c1-4-8-6-13-14(11,12-5-2)9(8)7(3)10/h4,8H,1,5-6H2,2-3H3/b9-7-. The molecule has 0 saturated carbocycles. The quantitative estimate of drug-likeness (QED) is 0.556. The van der Waals surface area contributed by atoms with Crippen LogP contribution in [0.5, 0.6) is 0 Å². The third-order valence-corrected chi connectivity index (χ3v) is 4.69. The highest BCUT2D eigenvalue weighted by Gasteiger charge is 2.42. The summed E-state index contributed by atoms with van der Waals surface area (Å²) in [5.74, 6) is -0.0927. The highest BCUT2D eigenvalue weighted by atomic mass is 35.5. The predicted molar refractivity (Wildman–Crippen MR) is 57.4 cm³/mol. The second kappa shape index (κ2) is 4.63. The smallest absolute Gasteiger partial charge is 0.306 e. The van der Waals surface area contributed by atoms with Gasteiger partial charge in [0.15, 0.2) is 0 Å². The summed E-state index contributed by atoms with van der Waals surface area (Å²) in [6.45, 7) is 7.78. The lowest BCUT2D eigenvalue weighted by Gasteiger charge is -2.13. The number of halogens is 1. The van der Waals surface area contributed by atoms with Crippen LogP contribution in [0.2, 0.25) is 0 Å². The van der Waals surface area contributed by atoms with Gasteiger partial charge in [-0.15, -0.1) is 6.58 Å². The Labute approximate surface area is 89.3 Å². The van der Waals surface area contributed by atoms with E-state index >= 15 is 0 Å². The van der Waals surface area contributed by atoms with E-state index in [2.05, 4.69) is 6.58 Å². The Morgan fingerprint density at radius 1 is 1.93 bits per heavy atom. The molecule has 0 amide bonds. The van der Waals surface area contributed by atoms with Gasteiger partial charge in [-0.1, -0.05) is 17.7 Å². The molecule has 0 aromatic carbocycles. The molecule has 1 rings (SSSR count). The van der Waals surface area contributed by atoms with Crippen LogP contribution in [0.1, 0.15) is 13.8 Å². The molecule has 0 spiro atoms. The summed E-state index contributed by atoms with van der Waals surface area (Å²) in [5.41, 5.74) is 0. The number of allylic oxidation sites excluding steroid dienone is 1. The predicted octanol–water partition coefficient (Wildman–Crippen LogP) is 3.52. The van der Waals surface area contributed by atoms with E-state index < -0.39 is 7.60 Å². The fraction of sp³-hybridized carbons (Fsp3) is 0.556. The lowest BCUT2D eigenvalue weighted by molar-refractivity contribution is 0.234. The summed E-state index contributed by atoms with van der Waals surface area (Å²) in [5, 5.41) is 1.03. The Hall–Kier alpha value is -0.0800. The molecule has 2 atom stereocenters. The van der Waals surface area contributed by atoms with Crippen molar-refractivity contribution in [2.75, 3.05) is 13.2 Å². The van der Waals surface area contributed by atoms with Crippen LogP contribution in [0.3, 0.4) is 0 Å². The summed E-state index contributed by atoms with van der Waals surface area (Å²) in [6.07, 6.45) is 1.68. The van der Waals surface area contributed by atoms with Gasteiger partial charge in [0.25, 0.3) is 0 Å². The van der Waals surface area contributed by atoms with Crippen molar-refractivity contribution >= 4 is 19.2 Å². The highest BCUT2D eigenvalue weighted by Crippen LogP contribution is 2.65. The fourth-order valence-corrected chi connectivity index (χ4v) is 3.89. The van der Waals surface area contributed by atoms with E-state index in [0.29, 0.717) is 23.6 Å². The van der Waals surface area contributed by atoms with E-state index in [0.717, 1.165) is 0 Å². The number of rotatable bonds is 3. The third kappa shape index (κ3) is 2.12. The summed E-state index contributed by atoms with van der Waals surface area (Å²) in [4.78, 5) is 0. The molecule has 0 N–H and O–H groups in total. The molecule has 3 nitrogen and oxygen atoms in total. The minimum absolute atomic E-state index is 0.0927. The van der Waals surface area contributed by atoms with Gasteiger partial charge in [0.2, 0.25) is 0 Å². The average molecular weight is 237 g/mol. The number of hydrogen-bond donors (Lipinski definition) is 0. The number of hydrogen-bond acceptors (Lipinski definition) is 3. The Morgan fingerprint density at radius 3 is 3.00 bits per heavy atom. The Balaban J connectivity index is 3.07. The van der Waals surface area contributed by atoms with Crippen molar-refractivity contribution in [3.05, 3.63) is 23.0 Å². The lowest BCUT2D eigenvalue weighted by Crippen LogP contribution is -1.97. The van der Waals surface area contributed by atoms with Crippen molar-refractivity contribution in [1.29, 1.82) is 0 Å². The van der Waals surface area contributed by atoms with Crippen LogP contribution >= 0.6 is 19.2 Å².